The van der Waals surface area contributed by atoms with Gasteiger partial charge in [-0.05, 0) is 32.9 Å². The van der Waals surface area contributed by atoms with Crippen molar-refractivity contribution < 1.29 is 14.3 Å². The fourth-order valence-electron chi connectivity index (χ4n) is 1.93. The van der Waals surface area contributed by atoms with Gasteiger partial charge in [0, 0.05) is 6.54 Å². The second-order valence-corrected chi connectivity index (χ2v) is 5.80. The van der Waals surface area contributed by atoms with E-state index in [2.05, 4.69) is 4.98 Å². The number of anilines is 1. The summed E-state index contributed by atoms with van der Waals surface area (Å²) in [5, 5.41) is 0. The van der Waals surface area contributed by atoms with Gasteiger partial charge in [0.15, 0.2) is 0 Å². The number of hydrogen-bond acceptors (Lipinski definition) is 5. The van der Waals surface area contributed by atoms with Crippen LogP contribution in [0.3, 0.4) is 0 Å². The van der Waals surface area contributed by atoms with E-state index in [9.17, 15) is 4.79 Å². The zero-order chi connectivity index (χ0) is 14.8. The van der Waals surface area contributed by atoms with E-state index in [1.54, 1.807) is 17.2 Å². The molecule has 0 aromatic carbocycles. The number of pyridine rings is 1. The number of carbonyl (C=O) groups excluding carboxylic acids is 1. The minimum Gasteiger partial charge on any atom is -0.444 e. The summed E-state index contributed by atoms with van der Waals surface area (Å²) in [6.07, 6.45) is 1.03. The molecule has 0 saturated carbocycles. The Morgan fingerprint density at radius 1 is 1.50 bits per heavy atom. The van der Waals surface area contributed by atoms with Gasteiger partial charge in [-0.2, -0.15) is 0 Å². The van der Waals surface area contributed by atoms with Crippen molar-refractivity contribution in [2.45, 2.75) is 32.5 Å². The van der Waals surface area contributed by atoms with Gasteiger partial charge in [-0.25, -0.2) is 4.79 Å². The predicted molar refractivity (Wildman–Crippen MR) is 75.1 cm³/mol. The fraction of sp³-hybridized carbons (Fsp3) is 0.571. The van der Waals surface area contributed by atoms with Crippen molar-refractivity contribution in [2.75, 3.05) is 25.4 Å². The van der Waals surface area contributed by atoms with Crippen LogP contribution < -0.4 is 5.73 Å². The minimum atomic E-state index is -0.496. The molecular formula is C14H21N3O3. The average molecular weight is 279 g/mol. The molecule has 1 atom stereocenters. The van der Waals surface area contributed by atoms with Gasteiger partial charge in [0.05, 0.1) is 30.7 Å². The van der Waals surface area contributed by atoms with E-state index < -0.39 is 5.60 Å². The summed E-state index contributed by atoms with van der Waals surface area (Å²) < 4.78 is 11.0. The van der Waals surface area contributed by atoms with Gasteiger partial charge in [0.2, 0.25) is 0 Å². The monoisotopic (exact) mass is 279 g/mol. The SMILES string of the molecule is CC(C)(C)OC(=O)N1CCO[C@@H](c2ccc(N)cn2)C1. The normalized spacial score (nSPS) is 19.8. The highest BCUT2D eigenvalue weighted by Crippen LogP contribution is 2.22. The molecule has 1 aliphatic heterocycles. The Balaban J connectivity index is 2.01. The van der Waals surface area contributed by atoms with E-state index in [1.165, 1.54) is 0 Å². The van der Waals surface area contributed by atoms with Crippen LogP contribution in [0.15, 0.2) is 18.3 Å². The quantitative estimate of drug-likeness (QED) is 0.850. The Morgan fingerprint density at radius 2 is 2.25 bits per heavy atom. The van der Waals surface area contributed by atoms with E-state index in [1.807, 2.05) is 26.8 Å². The Hall–Kier alpha value is -1.82. The summed E-state index contributed by atoms with van der Waals surface area (Å²) in [5.74, 6) is 0. The summed E-state index contributed by atoms with van der Waals surface area (Å²) in [6, 6.07) is 3.59. The highest BCUT2D eigenvalue weighted by Gasteiger charge is 2.29. The Labute approximate surface area is 118 Å². The van der Waals surface area contributed by atoms with E-state index in [-0.39, 0.29) is 12.2 Å². The Kier molecular flexibility index (Phi) is 4.13. The van der Waals surface area contributed by atoms with Crippen molar-refractivity contribution in [3.8, 4) is 0 Å². The maximum absolute atomic E-state index is 12.1. The van der Waals surface area contributed by atoms with Crippen LogP contribution in [0, 0.1) is 0 Å². The van der Waals surface area contributed by atoms with Crippen molar-refractivity contribution in [1.29, 1.82) is 0 Å². The van der Waals surface area contributed by atoms with Crippen LogP contribution >= 0.6 is 0 Å². The molecule has 0 bridgehead atoms. The number of carbonyl (C=O) groups is 1. The van der Waals surface area contributed by atoms with Crippen molar-refractivity contribution in [1.82, 2.24) is 9.88 Å². The first-order valence-electron chi connectivity index (χ1n) is 6.66. The third-order valence-corrected chi connectivity index (χ3v) is 2.86. The number of rotatable bonds is 1. The van der Waals surface area contributed by atoms with Crippen LogP contribution in [-0.2, 0) is 9.47 Å². The van der Waals surface area contributed by atoms with Gasteiger partial charge in [0.1, 0.15) is 11.7 Å². The number of nitrogens with zero attached hydrogens (tertiary/aromatic N) is 2. The molecule has 6 heteroatoms. The number of amides is 1. The Bertz CT molecular complexity index is 468. The molecule has 2 N–H and O–H groups in total. The van der Waals surface area contributed by atoms with Crippen molar-refractivity contribution in [2.24, 2.45) is 0 Å². The molecule has 0 unspecified atom stereocenters. The summed E-state index contributed by atoms with van der Waals surface area (Å²) in [5.41, 5.74) is 6.49. The maximum Gasteiger partial charge on any atom is 0.410 e. The van der Waals surface area contributed by atoms with Crippen molar-refractivity contribution in [3.05, 3.63) is 24.0 Å². The molecule has 1 aliphatic rings. The molecule has 1 aromatic rings. The second kappa shape index (κ2) is 5.66. The van der Waals surface area contributed by atoms with Crippen molar-refractivity contribution in [3.63, 3.8) is 0 Å². The van der Waals surface area contributed by atoms with E-state index in [0.717, 1.165) is 5.69 Å². The minimum absolute atomic E-state index is 0.239. The van der Waals surface area contributed by atoms with E-state index in [0.29, 0.717) is 25.4 Å². The van der Waals surface area contributed by atoms with Gasteiger partial charge in [-0.3, -0.25) is 4.98 Å². The predicted octanol–water partition coefficient (Wildman–Crippen LogP) is 1.97. The first-order valence-corrected chi connectivity index (χ1v) is 6.66. The zero-order valence-electron chi connectivity index (χ0n) is 12.1. The fourth-order valence-corrected chi connectivity index (χ4v) is 1.93. The molecule has 1 saturated heterocycles. The van der Waals surface area contributed by atoms with Gasteiger partial charge in [-0.1, -0.05) is 0 Å². The highest BCUT2D eigenvalue weighted by molar-refractivity contribution is 5.68. The number of nitrogens with two attached hydrogens (primary N) is 1. The van der Waals surface area contributed by atoms with Crippen LogP contribution in [0.1, 0.15) is 32.6 Å². The number of ether oxygens (including phenoxy) is 2. The lowest BCUT2D eigenvalue weighted by Gasteiger charge is -2.34. The number of morpholine rings is 1. The molecule has 1 fully saturated rings. The largest absolute Gasteiger partial charge is 0.444 e. The summed E-state index contributed by atoms with van der Waals surface area (Å²) >= 11 is 0. The number of nitrogen functional groups attached to an aromatic ring is 1. The second-order valence-electron chi connectivity index (χ2n) is 5.80. The highest BCUT2D eigenvalue weighted by atomic mass is 16.6. The van der Waals surface area contributed by atoms with Crippen LogP contribution in [0.4, 0.5) is 10.5 Å². The third kappa shape index (κ3) is 3.84. The van der Waals surface area contributed by atoms with Gasteiger partial charge < -0.3 is 20.1 Å². The first-order chi connectivity index (χ1) is 9.35. The third-order valence-electron chi connectivity index (χ3n) is 2.86. The number of aromatic nitrogens is 1. The van der Waals surface area contributed by atoms with Gasteiger partial charge in [-0.15, -0.1) is 0 Å². The molecule has 1 amide bonds. The molecule has 0 aliphatic carbocycles. The molecule has 6 nitrogen and oxygen atoms in total. The first kappa shape index (κ1) is 14.6. The maximum atomic E-state index is 12.1. The molecule has 20 heavy (non-hydrogen) atoms. The molecule has 2 rings (SSSR count). The molecular weight excluding hydrogens is 258 g/mol. The molecule has 2 heterocycles. The molecule has 0 radical (unpaired) electrons. The van der Waals surface area contributed by atoms with E-state index >= 15 is 0 Å². The van der Waals surface area contributed by atoms with Gasteiger partial charge in [0.25, 0.3) is 0 Å². The number of hydrogen-bond donors (Lipinski definition) is 1. The summed E-state index contributed by atoms with van der Waals surface area (Å²) in [7, 11) is 0. The van der Waals surface area contributed by atoms with Crippen LogP contribution in [-0.4, -0.2) is 41.3 Å². The Morgan fingerprint density at radius 3 is 2.85 bits per heavy atom. The lowest BCUT2D eigenvalue weighted by Crippen LogP contribution is -2.44. The van der Waals surface area contributed by atoms with Crippen LogP contribution in [0.2, 0.25) is 0 Å². The standard InChI is InChI=1S/C14H21N3O3/c1-14(2,3)20-13(18)17-6-7-19-12(9-17)11-5-4-10(15)8-16-11/h4-5,8,12H,6-7,9,15H2,1-3H3/t12-/m1/s1. The molecule has 110 valence electrons. The average Bonchev–Trinajstić information content (AvgIpc) is 2.38. The van der Waals surface area contributed by atoms with Gasteiger partial charge >= 0.3 is 6.09 Å². The molecule has 0 spiro atoms. The summed E-state index contributed by atoms with van der Waals surface area (Å²) in [6.45, 7) is 6.99. The van der Waals surface area contributed by atoms with E-state index in [4.69, 9.17) is 15.2 Å². The smallest absolute Gasteiger partial charge is 0.410 e. The van der Waals surface area contributed by atoms with Crippen LogP contribution in [0.5, 0.6) is 0 Å². The molecule has 1 aromatic heterocycles. The lowest BCUT2D eigenvalue weighted by atomic mass is 10.2. The lowest BCUT2D eigenvalue weighted by molar-refractivity contribution is -0.0447. The van der Waals surface area contributed by atoms with Crippen molar-refractivity contribution >= 4 is 11.8 Å². The van der Waals surface area contributed by atoms with Crippen LogP contribution in [0.25, 0.3) is 0 Å². The zero-order valence-corrected chi connectivity index (χ0v) is 12.1. The summed E-state index contributed by atoms with van der Waals surface area (Å²) in [4.78, 5) is 17.9. The topological polar surface area (TPSA) is 77.7 Å².